The van der Waals surface area contributed by atoms with Crippen LogP contribution in [0.15, 0.2) is 0 Å². The second kappa shape index (κ2) is 4.63. The Hall–Kier alpha value is -0.0800. The molecule has 1 aliphatic heterocycles. The maximum Gasteiger partial charge on any atom is 0.0607 e. The SMILES string of the molecule is CC(C)CC(O)C1C(C)OC(C)C1C. The molecule has 0 aliphatic carbocycles. The van der Waals surface area contributed by atoms with E-state index in [1.807, 2.05) is 0 Å². The third kappa shape index (κ3) is 2.48. The molecule has 14 heavy (non-hydrogen) atoms. The second-order valence-corrected chi connectivity index (χ2v) is 5.18. The molecular weight excluding hydrogens is 176 g/mol. The molecule has 0 saturated carbocycles. The van der Waals surface area contributed by atoms with E-state index in [4.69, 9.17) is 4.74 Å². The Morgan fingerprint density at radius 2 is 1.71 bits per heavy atom. The average Bonchev–Trinajstić information content (AvgIpc) is 2.25. The normalized spacial score (nSPS) is 40.5. The van der Waals surface area contributed by atoms with Crippen molar-refractivity contribution in [2.24, 2.45) is 17.8 Å². The molecule has 0 aromatic rings. The molecule has 1 fully saturated rings. The molecule has 2 heteroatoms. The van der Waals surface area contributed by atoms with Gasteiger partial charge in [0.1, 0.15) is 0 Å². The summed E-state index contributed by atoms with van der Waals surface area (Å²) in [4.78, 5) is 0. The van der Waals surface area contributed by atoms with Gasteiger partial charge in [0.05, 0.1) is 18.3 Å². The molecular formula is C12H24O2. The first kappa shape index (κ1) is 12.0. The highest BCUT2D eigenvalue weighted by molar-refractivity contribution is 4.88. The fraction of sp³-hybridized carbons (Fsp3) is 1.00. The van der Waals surface area contributed by atoms with Gasteiger partial charge in [-0.25, -0.2) is 0 Å². The molecule has 1 rings (SSSR count). The maximum absolute atomic E-state index is 10.1. The van der Waals surface area contributed by atoms with Crippen LogP contribution in [0.1, 0.15) is 41.0 Å². The van der Waals surface area contributed by atoms with Gasteiger partial charge >= 0.3 is 0 Å². The molecule has 5 unspecified atom stereocenters. The smallest absolute Gasteiger partial charge is 0.0607 e. The van der Waals surface area contributed by atoms with E-state index in [-0.39, 0.29) is 18.3 Å². The van der Waals surface area contributed by atoms with E-state index in [0.717, 1.165) is 6.42 Å². The minimum atomic E-state index is -0.204. The molecule has 0 bridgehead atoms. The zero-order chi connectivity index (χ0) is 10.9. The van der Waals surface area contributed by atoms with Crippen LogP contribution in [0.4, 0.5) is 0 Å². The number of aliphatic hydroxyl groups excluding tert-OH is 1. The Morgan fingerprint density at radius 1 is 1.14 bits per heavy atom. The minimum Gasteiger partial charge on any atom is -0.393 e. The molecule has 84 valence electrons. The largest absolute Gasteiger partial charge is 0.393 e. The monoisotopic (exact) mass is 200 g/mol. The molecule has 5 atom stereocenters. The maximum atomic E-state index is 10.1. The van der Waals surface area contributed by atoms with Crippen LogP contribution in [0.5, 0.6) is 0 Å². The van der Waals surface area contributed by atoms with E-state index >= 15 is 0 Å². The van der Waals surface area contributed by atoms with Gasteiger partial charge < -0.3 is 9.84 Å². The summed E-state index contributed by atoms with van der Waals surface area (Å²) in [5.74, 6) is 1.34. The highest BCUT2D eigenvalue weighted by Gasteiger charge is 2.40. The molecule has 0 radical (unpaired) electrons. The molecule has 1 N–H and O–H groups in total. The van der Waals surface area contributed by atoms with Gasteiger partial charge in [-0.1, -0.05) is 20.8 Å². The Labute approximate surface area is 87.7 Å². The van der Waals surface area contributed by atoms with Crippen molar-refractivity contribution in [3.05, 3.63) is 0 Å². The van der Waals surface area contributed by atoms with Crippen molar-refractivity contribution >= 4 is 0 Å². The van der Waals surface area contributed by atoms with Crippen LogP contribution in [0, 0.1) is 17.8 Å². The van der Waals surface area contributed by atoms with Crippen LogP contribution in [0.2, 0.25) is 0 Å². The Kier molecular flexibility index (Phi) is 3.96. The minimum absolute atomic E-state index is 0.203. The van der Waals surface area contributed by atoms with E-state index in [1.165, 1.54) is 0 Å². The molecule has 0 spiro atoms. The topological polar surface area (TPSA) is 29.5 Å². The molecule has 0 aromatic heterocycles. The van der Waals surface area contributed by atoms with Crippen molar-refractivity contribution in [3.8, 4) is 0 Å². The molecule has 0 aromatic carbocycles. The predicted molar refractivity (Wildman–Crippen MR) is 58.1 cm³/mol. The predicted octanol–water partition coefficient (Wildman–Crippen LogP) is 2.45. The van der Waals surface area contributed by atoms with Crippen LogP contribution in [-0.2, 0) is 4.74 Å². The van der Waals surface area contributed by atoms with Gasteiger partial charge in [-0.05, 0) is 32.1 Å². The number of aliphatic hydroxyl groups is 1. The van der Waals surface area contributed by atoms with Crippen molar-refractivity contribution in [2.45, 2.75) is 59.4 Å². The quantitative estimate of drug-likeness (QED) is 0.758. The highest BCUT2D eigenvalue weighted by Crippen LogP contribution is 2.36. The molecule has 1 aliphatic rings. The van der Waals surface area contributed by atoms with Gasteiger partial charge in [-0.15, -0.1) is 0 Å². The van der Waals surface area contributed by atoms with Crippen LogP contribution in [0.25, 0.3) is 0 Å². The third-order valence-electron chi connectivity index (χ3n) is 3.48. The van der Waals surface area contributed by atoms with Gasteiger partial charge in [0.25, 0.3) is 0 Å². The van der Waals surface area contributed by atoms with Gasteiger partial charge in [-0.2, -0.15) is 0 Å². The van der Waals surface area contributed by atoms with Crippen LogP contribution in [-0.4, -0.2) is 23.4 Å². The van der Waals surface area contributed by atoms with Crippen molar-refractivity contribution in [2.75, 3.05) is 0 Å². The Balaban J connectivity index is 2.57. The fourth-order valence-electron chi connectivity index (χ4n) is 2.60. The average molecular weight is 200 g/mol. The lowest BCUT2D eigenvalue weighted by Gasteiger charge is -2.25. The zero-order valence-corrected chi connectivity index (χ0v) is 10.0. The zero-order valence-electron chi connectivity index (χ0n) is 10.0. The lowest BCUT2D eigenvalue weighted by molar-refractivity contribution is 0.0170. The lowest BCUT2D eigenvalue weighted by atomic mass is 9.82. The summed E-state index contributed by atoms with van der Waals surface area (Å²) in [6.45, 7) is 10.7. The van der Waals surface area contributed by atoms with E-state index < -0.39 is 0 Å². The number of rotatable bonds is 3. The van der Waals surface area contributed by atoms with E-state index in [2.05, 4.69) is 34.6 Å². The first-order chi connectivity index (χ1) is 6.43. The standard InChI is InChI=1S/C12H24O2/c1-7(2)6-11(13)12-8(3)9(4)14-10(12)5/h7-13H,6H2,1-5H3. The summed E-state index contributed by atoms with van der Waals surface area (Å²) in [6, 6.07) is 0. The number of ether oxygens (including phenoxy) is 1. The van der Waals surface area contributed by atoms with E-state index in [0.29, 0.717) is 17.8 Å². The van der Waals surface area contributed by atoms with Crippen molar-refractivity contribution in [1.82, 2.24) is 0 Å². The number of hydrogen-bond acceptors (Lipinski definition) is 2. The van der Waals surface area contributed by atoms with E-state index in [1.54, 1.807) is 0 Å². The summed E-state index contributed by atoms with van der Waals surface area (Å²) in [7, 11) is 0. The lowest BCUT2D eigenvalue weighted by Crippen LogP contribution is -2.31. The van der Waals surface area contributed by atoms with Crippen LogP contribution >= 0.6 is 0 Å². The summed E-state index contributed by atoms with van der Waals surface area (Å²) in [5, 5.41) is 10.1. The van der Waals surface area contributed by atoms with E-state index in [9.17, 15) is 5.11 Å². The van der Waals surface area contributed by atoms with Crippen molar-refractivity contribution in [3.63, 3.8) is 0 Å². The van der Waals surface area contributed by atoms with Gasteiger partial charge in [0.15, 0.2) is 0 Å². The third-order valence-corrected chi connectivity index (χ3v) is 3.48. The molecule has 1 saturated heterocycles. The number of hydrogen-bond donors (Lipinski definition) is 1. The second-order valence-electron chi connectivity index (χ2n) is 5.18. The Bertz CT molecular complexity index is 179. The summed E-state index contributed by atoms with van der Waals surface area (Å²) >= 11 is 0. The summed E-state index contributed by atoms with van der Waals surface area (Å²) < 4.78 is 5.73. The summed E-state index contributed by atoms with van der Waals surface area (Å²) in [6.07, 6.45) is 1.17. The van der Waals surface area contributed by atoms with Crippen LogP contribution < -0.4 is 0 Å². The first-order valence-corrected chi connectivity index (χ1v) is 5.77. The van der Waals surface area contributed by atoms with Gasteiger partial charge in [0.2, 0.25) is 0 Å². The van der Waals surface area contributed by atoms with Gasteiger partial charge in [-0.3, -0.25) is 0 Å². The fourth-order valence-corrected chi connectivity index (χ4v) is 2.60. The molecule has 2 nitrogen and oxygen atoms in total. The molecule has 1 heterocycles. The first-order valence-electron chi connectivity index (χ1n) is 5.77. The molecule has 0 amide bonds. The van der Waals surface area contributed by atoms with Gasteiger partial charge in [0, 0.05) is 5.92 Å². The highest BCUT2D eigenvalue weighted by atomic mass is 16.5. The van der Waals surface area contributed by atoms with Crippen molar-refractivity contribution in [1.29, 1.82) is 0 Å². The summed E-state index contributed by atoms with van der Waals surface area (Å²) in [5.41, 5.74) is 0. The van der Waals surface area contributed by atoms with Crippen LogP contribution in [0.3, 0.4) is 0 Å². The van der Waals surface area contributed by atoms with Crippen molar-refractivity contribution < 1.29 is 9.84 Å². The Morgan fingerprint density at radius 3 is 2.07 bits per heavy atom.